The summed E-state index contributed by atoms with van der Waals surface area (Å²) in [5.74, 6) is -4.57. The van der Waals surface area contributed by atoms with Crippen molar-refractivity contribution in [2.75, 3.05) is 7.11 Å². The van der Waals surface area contributed by atoms with E-state index in [-0.39, 0.29) is 38.6 Å². The Hall–Kier alpha value is -5.23. The second kappa shape index (κ2) is 15.8. The highest BCUT2D eigenvalue weighted by atomic mass is 79.9. The van der Waals surface area contributed by atoms with Gasteiger partial charge in [-0.2, -0.15) is 0 Å². The van der Waals surface area contributed by atoms with Gasteiger partial charge in [0.05, 0.1) is 18.2 Å². The number of hydrogen-bond donors (Lipinski definition) is 2. The fourth-order valence-corrected chi connectivity index (χ4v) is 7.25. The molecule has 0 spiro atoms. The molecule has 1 aliphatic rings. The number of esters is 3. The van der Waals surface area contributed by atoms with Crippen molar-refractivity contribution in [3.8, 4) is 23.0 Å². The number of methoxy groups -OCH3 is 1. The van der Waals surface area contributed by atoms with Gasteiger partial charge in [0.25, 0.3) is 0 Å². The minimum atomic E-state index is -1.06. The Morgan fingerprint density at radius 3 is 1.83 bits per heavy atom. The highest BCUT2D eigenvalue weighted by Gasteiger charge is 2.34. The summed E-state index contributed by atoms with van der Waals surface area (Å²) in [4.78, 5) is 64.9. The third-order valence-electron chi connectivity index (χ3n) is 9.93. The number of benzene rings is 3. The van der Waals surface area contributed by atoms with Crippen LogP contribution in [-0.4, -0.2) is 47.0 Å². The summed E-state index contributed by atoms with van der Waals surface area (Å²) < 4.78 is 22.8. The summed E-state index contributed by atoms with van der Waals surface area (Å²) in [7, 11) is 1.34. The molecule has 3 aromatic carbocycles. The van der Waals surface area contributed by atoms with Crippen LogP contribution >= 0.6 is 15.9 Å². The SMILES string of the molecule is CCCc1c(C)c(OC(=O)c2c(C)c(C)c(OC(=O)C3C(C)=CC(=O)C=C3OC)c(Br)c2O)cc(C)c1C(=O)Oc1c(C)c(C)c(C(=O)O)c(C)c1C. The maximum atomic E-state index is 13.9. The maximum absolute atomic E-state index is 13.9. The summed E-state index contributed by atoms with van der Waals surface area (Å²) >= 11 is 3.29. The van der Waals surface area contributed by atoms with Gasteiger partial charge in [-0.05, 0) is 152 Å². The number of ketones is 1. The Balaban J connectivity index is 1.70. The Kier molecular flexibility index (Phi) is 12.1. The van der Waals surface area contributed by atoms with E-state index in [0.29, 0.717) is 79.8 Å². The van der Waals surface area contributed by atoms with Crippen LogP contribution in [0, 0.1) is 61.3 Å². The summed E-state index contributed by atoms with van der Waals surface area (Å²) in [5.41, 5.74) is 5.13. The first-order valence-corrected chi connectivity index (χ1v) is 17.7. The third-order valence-corrected chi connectivity index (χ3v) is 10.7. The van der Waals surface area contributed by atoms with Gasteiger partial charge in [-0.1, -0.05) is 13.3 Å². The minimum Gasteiger partial charge on any atom is -0.506 e. The van der Waals surface area contributed by atoms with E-state index in [4.69, 9.17) is 18.9 Å². The Morgan fingerprint density at radius 2 is 1.28 bits per heavy atom. The van der Waals surface area contributed by atoms with Crippen molar-refractivity contribution in [2.45, 2.75) is 82.1 Å². The minimum absolute atomic E-state index is 0.0183. The number of ether oxygens (including phenoxy) is 4. The van der Waals surface area contributed by atoms with E-state index in [1.165, 1.54) is 19.3 Å². The third kappa shape index (κ3) is 7.50. The number of carboxylic acid groups (broad SMARTS) is 1. The molecule has 0 aliphatic heterocycles. The number of phenolic OH excluding ortho intramolecular Hbond substituents is 1. The van der Waals surface area contributed by atoms with Crippen molar-refractivity contribution in [1.29, 1.82) is 0 Å². The number of rotatable bonds is 10. The van der Waals surface area contributed by atoms with Gasteiger partial charge in [-0.15, -0.1) is 0 Å². The largest absolute Gasteiger partial charge is 0.506 e. The molecule has 11 nitrogen and oxygen atoms in total. The van der Waals surface area contributed by atoms with Crippen LogP contribution in [0.3, 0.4) is 0 Å². The van der Waals surface area contributed by atoms with Crippen LogP contribution in [0.25, 0.3) is 0 Å². The van der Waals surface area contributed by atoms with Crippen LogP contribution in [0.2, 0.25) is 0 Å². The van der Waals surface area contributed by atoms with Gasteiger partial charge >= 0.3 is 23.9 Å². The number of aromatic hydroxyl groups is 1. The van der Waals surface area contributed by atoms with Crippen LogP contribution in [0.15, 0.2) is 34.0 Å². The van der Waals surface area contributed by atoms with Crippen molar-refractivity contribution in [1.82, 2.24) is 0 Å². The molecular weight excluding hydrogens is 748 g/mol. The topological polar surface area (TPSA) is 163 Å². The molecule has 53 heavy (non-hydrogen) atoms. The summed E-state index contributed by atoms with van der Waals surface area (Å²) in [5, 5.41) is 21.0. The fraction of sp³-hybridized carbons (Fsp3) is 0.341. The predicted octanol–water partition coefficient (Wildman–Crippen LogP) is 8.29. The molecule has 1 aliphatic carbocycles. The lowest BCUT2D eigenvalue weighted by molar-refractivity contribution is -0.137. The highest BCUT2D eigenvalue weighted by Crippen LogP contribution is 2.44. The number of halogens is 1. The monoisotopic (exact) mass is 790 g/mol. The van der Waals surface area contributed by atoms with Crippen molar-refractivity contribution < 1.29 is 53.1 Å². The Labute approximate surface area is 316 Å². The lowest BCUT2D eigenvalue weighted by Gasteiger charge is -2.23. The molecule has 0 amide bonds. The van der Waals surface area contributed by atoms with Crippen molar-refractivity contribution >= 4 is 45.6 Å². The average molecular weight is 792 g/mol. The maximum Gasteiger partial charge on any atom is 0.347 e. The number of hydrogen-bond acceptors (Lipinski definition) is 10. The molecule has 12 heteroatoms. The predicted molar refractivity (Wildman–Crippen MR) is 200 cm³/mol. The molecule has 0 aromatic heterocycles. The zero-order valence-corrected chi connectivity index (χ0v) is 33.3. The second-order valence-electron chi connectivity index (χ2n) is 13.2. The van der Waals surface area contributed by atoms with Gasteiger partial charge in [0.15, 0.2) is 11.5 Å². The molecule has 1 unspecified atom stereocenters. The molecule has 1 atom stereocenters. The van der Waals surface area contributed by atoms with Gasteiger partial charge in [0, 0.05) is 6.08 Å². The van der Waals surface area contributed by atoms with Crippen molar-refractivity contribution in [3.05, 3.63) is 101 Å². The van der Waals surface area contributed by atoms with Crippen molar-refractivity contribution in [2.24, 2.45) is 5.92 Å². The Bertz CT molecular complexity index is 2110. The van der Waals surface area contributed by atoms with E-state index in [2.05, 4.69) is 15.9 Å². The van der Waals surface area contributed by atoms with Crippen LogP contribution < -0.4 is 14.2 Å². The lowest BCUT2D eigenvalue weighted by atomic mass is 9.92. The number of carbonyl (C=O) groups excluding carboxylic acids is 4. The molecule has 0 radical (unpaired) electrons. The van der Waals surface area contributed by atoms with Crippen LogP contribution in [0.1, 0.15) is 101 Å². The molecule has 0 bridgehead atoms. The van der Waals surface area contributed by atoms with Crippen LogP contribution in [0.5, 0.6) is 23.0 Å². The van der Waals surface area contributed by atoms with Gasteiger partial charge in [-0.25, -0.2) is 14.4 Å². The highest BCUT2D eigenvalue weighted by molar-refractivity contribution is 9.10. The molecule has 0 fully saturated rings. The van der Waals surface area contributed by atoms with E-state index < -0.39 is 35.5 Å². The van der Waals surface area contributed by atoms with E-state index in [1.807, 2.05) is 6.92 Å². The van der Waals surface area contributed by atoms with Gasteiger partial charge < -0.3 is 29.2 Å². The quantitative estimate of drug-likeness (QED) is 0.150. The van der Waals surface area contributed by atoms with Gasteiger partial charge in [-0.3, -0.25) is 9.59 Å². The molecule has 280 valence electrons. The van der Waals surface area contributed by atoms with Gasteiger partial charge in [0.2, 0.25) is 0 Å². The number of carboxylic acids is 1. The first kappa shape index (κ1) is 40.5. The summed E-state index contributed by atoms with van der Waals surface area (Å²) in [6.45, 7) is 17.0. The zero-order chi connectivity index (χ0) is 39.8. The number of phenols is 1. The smallest absolute Gasteiger partial charge is 0.347 e. The second-order valence-corrected chi connectivity index (χ2v) is 14.0. The molecule has 2 N–H and O–H groups in total. The first-order valence-electron chi connectivity index (χ1n) is 16.9. The van der Waals surface area contributed by atoms with Crippen LogP contribution in [0.4, 0.5) is 0 Å². The number of aryl methyl sites for hydroxylation is 1. The number of carbonyl (C=O) groups is 5. The summed E-state index contributed by atoms with van der Waals surface area (Å²) in [6.07, 6.45) is 3.63. The average Bonchev–Trinajstić information content (AvgIpc) is 3.08. The summed E-state index contributed by atoms with van der Waals surface area (Å²) in [6, 6.07) is 1.56. The number of aromatic carboxylic acids is 1. The van der Waals surface area contributed by atoms with Gasteiger partial charge in [0.1, 0.15) is 39.0 Å². The van der Waals surface area contributed by atoms with E-state index in [0.717, 1.165) is 0 Å². The van der Waals surface area contributed by atoms with Crippen LogP contribution in [-0.2, 0) is 20.7 Å². The van der Waals surface area contributed by atoms with Crippen molar-refractivity contribution in [3.63, 3.8) is 0 Å². The molecule has 4 rings (SSSR count). The van der Waals surface area contributed by atoms with E-state index >= 15 is 0 Å². The molecular formula is C41H43BrO11. The first-order chi connectivity index (χ1) is 24.8. The lowest BCUT2D eigenvalue weighted by Crippen LogP contribution is -2.28. The number of allylic oxidation sites excluding steroid dienone is 2. The van der Waals surface area contributed by atoms with E-state index in [1.54, 1.807) is 68.4 Å². The molecule has 0 saturated heterocycles. The normalized spacial score (nSPS) is 14.0. The fourth-order valence-electron chi connectivity index (χ4n) is 6.67. The van der Waals surface area contributed by atoms with E-state index in [9.17, 15) is 34.2 Å². The Morgan fingerprint density at radius 1 is 0.736 bits per heavy atom. The zero-order valence-electron chi connectivity index (χ0n) is 31.7. The molecule has 0 heterocycles. The molecule has 3 aromatic rings. The molecule has 0 saturated carbocycles. The standard InChI is InChI=1S/C41H43BrO11/c1-12-13-27-25(10)28(15-18(3)30(27)39(47)52-36-22(7)19(4)32(38(45)46)20(5)23(36)8)51-41(49)33-21(6)24(9)37(34(42)35(33)44)53-40(48)31-17(2)14-26(43)16-29(31)50-11/h14-16,31,44H,12-13H2,1-11H3,(H,45,46).